The molecule has 9 heteroatoms. The number of hydrogen-bond donors (Lipinski definition) is 1. The van der Waals surface area contributed by atoms with E-state index in [2.05, 4.69) is 15.5 Å². The van der Waals surface area contributed by atoms with Crippen molar-refractivity contribution in [3.05, 3.63) is 53.8 Å². The fourth-order valence-corrected chi connectivity index (χ4v) is 3.55. The highest BCUT2D eigenvalue weighted by molar-refractivity contribution is 7.89. The van der Waals surface area contributed by atoms with E-state index in [1.165, 1.54) is 29.7 Å². The minimum Gasteiger partial charge on any atom is -0.463 e. The summed E-state index contributed by atoms with van der Waals surface area (Å²) >= 11 is 1.40. The van der Waals surface area contributed by atoms with Gasteiger partial charge in [0.2, 0.25) is 15.2 Å². The first-order valence-electron chi connectivity index (χ1n) is 7.28. The van der Waals surface area contributed by atoms with Gasteiger partial charge in [-0.2, -0.15) is 5.10 Å². The molecule has 0 saturated carbocycles. The Morgan fingerprint density at radius 3 is 2.64 bits per heavy atom. The molecule has 0 radical (unpaired) electrons. The molecule has 1 aromatic carbocycles. The van der Waals surface area contributed by atoms with Crippen molar-refractivity contribution in [3.63, 3.8) is 0 Å². The van der Waals surface area contributed by atoms with E-state index < -0.39 is 10.0 Å². The van der Waals surface area contributed by atoms with Gasteiger partial charge in [0.25, 0.3) is 0 Å². The van der Waals surface area contributed by atoms with Gasteiger partial charge in [-0.3, -0.25) is 5.43 Å². The predicted octanol–water partition coefficient (Wildman–Crippen LogP) is 3.10. The number of benzene rings is 1. The molecule has 0 unspecified atom stereocenters. The molecule has 0 spiro atoms. The smallest absolute Gasteiger partial charge is 0.242 e. The van der Waals surface area contributed by atoms with E-state index in [1.807, 2.05) is 5.38 Å². The maximum absolute atomic E-state index is 12.1. The van der Waals surface area contributed by atoms with E-state index >= 15 is 0 Å². The Morgan fingerprint density at radius 1 is 1.24 bits per heavy atom. The molecule has 3 rings (SSSR count). The zero-order valence-electron chi connectivity index (χ0n) is 13.6. The Hall–Kier alpha value is -2.49. The third-order valence-corrected chi connectivity index (χ3v) is 5.90. The van der Waals surface area contributed by atoms with Crippen molar-refractivity contribution in [2.24, 2.45) is 5.10 Å². The van der Waals surface area contributed by atoms with E-state index in [0.717, 1.165) is 11.3 Å². The molecule has 0 aliphatic carbocycles. The number of sulfonamides is 1. The first-order valence-corrected chi connectivity index (χ1v) is 9.60. The van der Waals surface area contributed by atoms with Gasteiger partial charge in [-0.05, 0) is 24.3 Å². The monoisotopic (exact) mass is 376 g/mol. The Labute approximate surface area is 149 Å². The van der Waals surface area contributed by atoms with Crippen LogP contribution in [0.1, 0.15) is 5.76 Å². The molecule has 0 bridgehead atoms. The molecule has 1 N–H and O–H groups in total. The number of nitrogens with zero attached hydrogens (tertiary/aromatic N) is 3. The van der Waals surface area contributed by atoms with Crippen LogP contribution in [-0.4, -0.2) is 38.0 Å². The summed E-state index contributed by atoms with van der Waals surface area (Å²) in [5, 5.41) is 6.55. The summed E-state index contributed by atoms with van der Waals surface area (Å²) in [4.78, 5) is 4.68. The second-order valence-corrected chi connectivity index (χ2v) is 8.25. The second-order valence-electron chi connectivity index (χ2n) is 5.24. The zero-order chi connectivity index (χ0) is 17.9. The summed E-state index contributed by atoms with van der Waals surface area (Å²) in [6.07, 6.45) is 3.13. The largest absolute Gasteiger partial charge is 0.463 e. The van der Waals surface area contributed by atoms with Crippen molar-refractivity contribution >= 4 is 32.7 Å². The molecule has 0 aliphatic heterocycles. The maximum Gasteiger partial charge on any atom is 0.242 e. The number of hydrazone groups is 1. The summed E-state index contributed by atoms with van der Waals surface area (Å²) in [5.41, 5.74) is 4.41. The van der Waals surface area contributed by atoms with Crippen LogP contribution in [0.15, 0.2) is 62.5 Å². The Kier molecular flexibility index (Phi) is 4.98. The van der Waals surface area contributed by atoms with Gasteiger partial charge in [-0.25, -0.2) is 17.7 Å². The first-order chi connectivity index (χ1) is 12.0. The lowest BCUT2D eigenvalue weighted by molar-refractivity contribution is 0.521. The van der Waals surface area contributed by atoms with Gasteiger partial charge in [0.15, 0.2) is 0 Å². The molecule has 25 heavy (non-hydrogen) atoms. The molecule has 7 nitrogen and oxygen atoms in total. The average molecular weight is 376 g/mol. The van der Waals surface area contributed by atoms with E-state index in [4.69, 9.17) is 4.42 Å². The number of anilines is 1. The zero-order valence-corrected chi connectivity index (χ0v) is 15.2. The maximum atomic E-state index is 12.1. The summed E-state index contributed by atoms with van der Waals surface area (Å²) < 4.78 is 30.5. The van der Waals surface area contributed by atoms with Crippen LogP contribution in [0.5, 0.6) is 0 Å². The van der Waals surface area contributed by atoms with E-state index in [9.17, 15) is 8.42 Å². The number of rotatable bonds is 6. The van der Waals surface area contributed by atoms with Gasteiger partial charge in [-0.1, -0.05) is 12.1 Å². The number of thiazole rings is 1. The SMILES string of the molecule is CN(C)S(=O)(=O)c1ccc(-c2csc(N/N=C\c3ccco3)n2)cc1. The van der Waals surface area contributed by atoms with Crippen molar-refractivity contribution in [3.8, 4) is 11.3 Å². The quantitative estimate of drug-likeness (QED) is 0.528. The van der Waals surface area contributed by atoms with Crippen LogP contribution in [-0.2, 0) is 10.0 Å². The molecule has 130 valence electrons. The summed E-state index contributed by atoms with van der Waals surface area (Å²) in [6.45, 7) is 0. The van der Waals surface area contributed by atoms with Crippen LogP contribution in [0.3, 0.4) is 0 Å². The third kappa shape index (κ3) is 3.95. The van der Waals surface area contributed by atoms with E-state index in [1.54, 1.807) is 48.9 Å². The molecule has 3 aromatic rings. The van der Waals surface area contributed by atoms with Crippen LogP contribution >= 0.6 is 11.3 Å². The summed E-state index contributed by atoms with van der Waals surface area (Å²) in [7, 11) is -0.419. The Morgan fingerprint density at radius 2 is 2.00 bits per heavy atom. The van der Waals surface area contributed by atoms with Gasteiger partial charge in [0.1, 0.15) is 5.76 Å². The van der Waals surface area contributed by atoms with Crippen molar-refractivity contribution in [2.75, 3.05) is 19.5 Å². The summed E-state index contributed by atoms with van der Waals surface area (Å²) in [5.74, 6) is 0.641. The molecule has 2 aromatic heterocycles. The highest BCUT2D eigenvalue weighted by atomic mass is 32.2. The van der Waals surface area contributed by atoms with Gasteiger partial charge < -0.3 is 4.42 Å². The topological polar surface area (TPSA) is 87.8 Å². The van der Waals surface area contributed by atoms with Gasteiger partial charge >= 0.3 is 0 Å². The number of hydrogen-bond acceptors (Lipinski definition) is 7. The lowest BCUT2D eigenvalue weighted by Crippen LogP contribution is -2.22. The number of nitrogens with one attached hydrogen (secondary N) is 1. The van der Waals surface area contributed by atoms with E-state index in [0.29, 0.717) is 10.9 Å². The fourth-order valence-electron chi connectivity index (χ4n) is 1.98. The molecule has 0 aliphatic rings. The standard InChI is InChI=1S/C16H16N4O3S2/c1-20(2)25(21,22)14-7-5-12(6-8-14)15-11-24-16(18-15)19-17-10-13-4-3-9-23-13/h3-11H,1-2H3,(H,18,19)/b17-10-. The minimum absolute atomic E-state index is 0.248. The average Bonchev–Trinajstić information content (AvgIpc) is 3.27. The molecule has 2 heterocycles. The normalized spacial score (nSPS) is 12.1. The Bertz CT molecular complexity index is 959. The highest BCUT2D eigenvalue weighted by Crippen LogP contribution is 2.26. The highest BCUT2D eigenvalue weighted by Gasteiger charge is 2.17. The van der Waals surface area contributed by atoms with Crippen molar-refractivity contribution < 1.29 is 12.8 Å². The summed E-state index contributed by atoms with van der Waals surface area (Å²) in [6, 6.07) is 10.2. The van der Waals surface area contributed by atoms with Crippen molar-refractivity contribution in [1.29, 1.82) is 0 Å². The lowest BCUT2D eigenvalue weighted by atomic mass is 10.2. The van der Waals surface area contributed by atoms with Crippen molar-refractivity contribution in [2.45, 2.75) is 4.90 Å². The molecule has 0 fully saturated rings. The van der Waals surface area contributed by atoms with Gasteiger partial charge in [0, 0.05) is 25.0 Å². The first kappa shape index (κ1) is 17.3. The van der Waals surface area contributed by atoms with E-state index in [-0.39, 0.29) is 4.90 Å². The lowest BCUT2D eigenvalue weighted by Gasteiger charge is -2.11. The Balaban J connectivity index is 1.72. The van der Waals surface area contributed by atoms with Gasteiger partial charge in [0.05, 0.1) is 23.1 Å². The van der Waals surface area contributed by atoms with Crippen LogP contribution in [0.2, 0.25) is 0 Å². The molecule has 0 amide bonds. The van der Waals surface area contributed by atoms with Gasteiger partial charge in [-0.15, -0.1) is 11.3 Å². The fraction of sp³-hybridized carbons (Fsp3) is 0.125. The van der Waals surface area contributed by atoms with Crippen LogP contribution in [0.25, 0.3) is 11.3 Å². The number of aromatic nitrogens is 1. The number of furan rings is 1. The molecule has 0 atom stereocenters. The van der Waals surface area contributed by atoms with Crippen LogP contribution in [0, 0.1) is 0 Å². The van der Waals surface area contributed by atoms with Crippen LogP contribution in [0.4, 0.5) is 5.13 Å². The molecular weight excluding hydrogens is 360 g/mol. The second kappa shape index (κ2) is 7.18. The molecular formula is C16H16N4O3S2. The predicted molar refractivity (Wildman–Crippen MR) is 98.3 cm³/mol. The molecule has 0 saturated heterocycles. The van der Waals surface area contributed by atoms with Crippen LogP contribution < -0.4 is 5.43 Å². The van der Waals surface area contributed by atoms with Crippen molar-refractivity contribution in [1.82, 2.24) is 9.29 Å². The minimum atomic E-state index is -3.43. The third-order valence-electron chi connectivity index (χ3n) is 3.33.